The van der Waals surface area contributed by atoms with E-state index < -0.39 is 0 Å². The molecule has 3 nitrogen and oxygen atoms in total. The lowest BCUT2D eigenvalue weighted by atomic mass is 10.2. The van der Waals surface area contributed by atoms with Gasteiger partial charge < -0.3 is 14.8 Å². The molecule has 1 atom stereocenters. The third kappa shape index (κ3) is 2.36. The van der Waals surface area contributed by atoms with Crippen LogP contribution in [-0.2, 0) is 6.54 Å². The normalized spacial score (nSPS) is 13.2. The molecule has 1 heterocycles. The Kier molecular flexibility index (Phi) is 3.31. The molecule has 0 amide bonds. The second-order valence-corrected chi connectivity index (χ2v) is 2.99. The minimum absolute atomic E-state index is 0.120. The van der Waals surface area contributed by atoms with E-state index >= 15 is 0 Å². The fourth-order valence-corrected chi connectivity index (χ4v) is 0.917. The molecule has 0 spiro atoms. The van der Waals surface area contributed by atoms with Gasteiger partial charge in [0, 0.05) is 6.04 Å². The number of hydrogen-bond acceptors (Lipinski definition) is 3. The molecular weight excluding hydrogens is 154 g/mol. The smallest absolute Gasteiger partial charge is 0.120 e. The maximum absolute atomic E-state index is 8.74. The van der Waals surface area contributed by atoms with Gasteiger partial charge in [0.1, 0.15) is 5.76 Å². The van der Waals surface area contributed by atoms with E-state index in [1.54, 1.807) is 6.26 Å². The van der Waals surface area contributed by atoms with E-state index in [9.17, 15) is 0 Å². The van der Waals surface area contributed by atoms with Crippen molar-refractivity contribution in [3.8, 4) is 0 Å². The van der Waals surface area contributed by atoms with Crippen LogP contribution >= 0.6 is 0 Å². The topological polar surface area (TPSA) is 45.4 Å². The predicted molar refractivity (Wildman–Crippen MR) is 46.8 cm³/mol. The van der Waals surface area contributed by atoms with E-state index in [4.69, 9.17) is 9.52 Å². The number of nitrogens with one attached hydrogen (secondary N) is 1. The Morgan fingerprint density at radius 3 is 2.92 bits per heavy atom. The average Bonchev–Trinajstić information content (AvgIpc) is 2.47. The lowest BCUT2D eigenvalue weighted by Gasteiger charge is -2.08. The minimum Gasteiger partial charge on any atom is -0.468 e. The molecular formula is C9H15NO2. The Balaban J connectivity index is 2.38. The number of aliphatic hydroxyl groups is 1. The molecule has 0 aliphatic carbocycles. The highest BCUT2D eigenvalue weighted by Gasteiger charge is 2.03. The Hall–Kier alpha value is -0.800. The molecule has 0 fully saturated rings. The van der Waals surface area contributed by atoms with Crippen LogP contribution in [0.2, 0.25) is 0 Å². The van der Waals surface area contributed by atoms with Gasteiger partial charge in [-0.2, -0.15) is 0 Å². The van der Waals surface area contributed by atoms with E-state index in [-0.39, 0.29) is 12.6 Å². The molecule has 68 valence electrons. The van der Waals surface area contributed by atoms with Crippen molar-refractivity contribution < 1.29 is 9.52 Å². The number of aliphatic hydroxyl groups excluding tert-OH is 1. The van der Waals surface area contributed by atoms with Gasteiger partial charge in [-0.3, -0.25) is 0 Å². The van der Waals surface area contributed by atoms with E-state index in [0.29, 0.717) is 6.54 Å². The summed E-state index contributed by atoms with van der Waals surface area (Å²) < 4.78 is 5.22. The molecule has 0 saturated carbocycles. The number of aryl methyl sites for hydroxylation is 1. The van der Waals surface area contributed by atoms with Crippen LogP contribution in [0.3, 0.4) is 0 Å². The van der Waals surface area contributed by atoms with Gasteiger partial charge in [-0.15, -0.1) is 0 Å². The first-order chi connectivity index (χ1) is 5.74. The van der Waals surface area contributed by atoms with Crippen LogP contribution in [0.4, 0.5) is 0 Å². The zero-order valence-corrected chi connectivity index (χ0v) is 7.50. The highest BCUT2D eigenvalue weighted by atomic mass is 16.3. The first-order valence-corrected chi connectivity index (χ1v) is 4.11. The van der Waals surface area contributed by atoms with Crippen molar-refractivity contribution in [3.63, 3.8) is 0 Å². The van der Waals surface area contributed by atoms with Crippen molar-refractivity contribution in [1.29, 1.82) is 0 Å². The summed E-state index contributed by atoms with van der Waals surface area (Å²) >= 11 is 0. The number of rotatable bonds is 4. The second-order valence-electron chi connectivity index (χ2n) is 2.99. The van der Waals surface area contributed by atoms with Gasteiger partial charge in [0.15, 0.2) is 0 Å². The molecule has 0 aromatic carbocycles. The van der Waals surface area contributed by atoms with Gasteiger partial charge in [-0.1, -0.05) is 0 Å². The van der Waals surface area contributed by atoms with Crippen LogP contribution in [0, 0.1) is 6.92 Å². The summed E-state index contributed by atoms with van der Waals surface area (Å²) in [5.74, 6) is 0.940. The molecule has 1 aromatic rings. The van der Waals surface area contributed by atoms with Gasteiger partial charge in [-0.25, -0.2) is 0 Å². The molecule has 0 saturated heterocycles. The average molecular weight is 169 g/mol. The summed E-state index contributed by atoms with van der Waals surface area (Å²) in [5.41, 5.74) is 1.15. The third-order valence-corrected chi connectivity index (χ3v) is 1.85. The largest absolute Gasteiger partial charge is 0.468 e. The third-order valence-electron chi connectivity index (χ3n) is 1.85. The van der Waals surface area contributed by atoms with Crippen molar-refractivity contribution in [2.75, 3.05) is 6.61 Å². The molecule has 0 radical (unpaired) electrons. The molecule has 2 N–H and O–H groups in total. The summed E-state index contributed by atoms with van der Waals surface area (Å²) in [6, 6.07) is 2.05. The van der Waals surface area contributed by atoms with Crippen LogP contribution in [0.5, 0.6) is 0 Å². The van der Waals surface area contributed by atoms with Crippen molar-refractivity contribution >= 4 is 0 Å². The zero-order chi connectivity index (χ0) is 8.97. The van der Waals surface area contributed by atoms with Gasteiger partial charge in [0.2, 0.25) is 0 Å². The predicted octanol–water partition coefficient (Wildman–Crippen LogP) is 1.06. The monoisotopic (exact) mass is 169 g/mol. The fraction of sp³-hybridized carbons (Fsp3) is 0.556. The molecule has 0 aliphatic rings. The molecule has 0 bridgehead atoms. The Labute approximate surface area is 72.4 Å². The van der Waals surface area contributed by atoms with Crippen molar-refractivity contribution in [3.05, 3.63) is 23.7 Å². The maximum Gasteiger partial charge on any atom is 0.120 e. The van der Waals surface area contributed by atoms with E-state index in [0.717, 1.165) is 11.3 Å². The van der Waals surface area contributed by atoms with E-state index in [1.807, 2.05) is 19.9 Å². The SMILES string of the molecule is Cc1ccoc1CN[C@H](C)CO. The Morgan fingerprint density at radius 1 is 1.67 bits per heavy atom. The van der Waals surface area contributed by atoms with E-state index in [1.165, 1.54) is 0 Å². The molecule has 3 heteroatoms. The van der Waals surface area contributed by atoms with Gasteiger partial charge in [0.05, 0.1) is 19.4 Å². The lowest BCUT2D eigenvalue weighted by Crippen LogP contribution is -2.28. The maximum atomic E-state index is 8.74. The van der Waals surface area contributed by atoms with Gasteiger partial charge >= 0.3 is 0 Å². The number of hydrogen-bond donors (Lipinski definition) is 2. The second kappa shape index (κ2) is 4.28. The van der Waals surface area contributed by atoms with Gasteiger partial charge in [0.25, 0.3) is 0 Å². The molecule has 12 heavy (non-hydrogen) atoms. The van der Waals surface area contributed by atoms with Crippen LogP contribution in [-0.4, -0.2) is 17.8 Å². The highest BCUT2D eigenvalue weighted by molar-refractivity contribution is 5.14. The highest BCUT2D eigenvalue weighted by Crippen LogP contribution is 2.07. The first-order valence-electron chi connectivity index (χ1n) is 4.11. The van der Waals surface area contributed by atoms with Crippen LogP contribution in [0.25, 0.3) is 0 Å². The van der Waals surface area contributed by atoms with Crippen molar-refractivity contribution in [2.45, 2.75) is 26.4 Å². The minimum atomic E-state index is 0.120. The molecule has 0 unspecified atom stereocenters. The first kappa shape index (κ1) is 9.29. The number of furan rings is 1. The molecule has 1 rings (SSSR count). The lowest BCUT2D eigenvalue weighted by molar-refractivity contribution is 0.248. The van der Waals surface area contributed by atoms with Gasteiger partial charge in [-0.05, 0) is 25.5 Å². The standard InChI is InChI=1S/C9H15NO2/c1-7-3-4-12-9(7)5-10-8(2)6-11/h3-4,8,10-11H,5-6H2,1-2H3/t8-/m1/s1. The van der Waals surface area contributed by atoms with E-state index in [2.05, 4.69) is 5.32 Å². The van der Waals surface area contributed by atoms with Crippen LogP contribution < -0.4 is 5.32 Å². The molecule has 1 aromatic heterocycles. The van der Waals surface area contributed by atoms with Crippen molar-refractivity contribution in [1.82, 2.24) is 5.32 Å². The summed E-state index contributed by atoms with van der Waals surface area (Å²) in [6.45, 7) is 4.77. The quantitative estimate of drug-likeness (QED) is 0.708. The van der Waals surface area contributed by atoms with Crippen LogP contribution in [0.1, 0.15) is 18.2 Å². The fourth-order valence-electron chi connectivity index (χ4n) is 0.917. The van der Waals surface area contributed by atoms with Crippen LogP contribution in [0.15, 0.2) is 16.7 Å². The molecule has 0 aliphatic heterocycles. The van der Waals surface area contributed by atoms with Crippen molar-refractivity contribution in [2.24, 2.45) is 0 Å². The summed E-state index contributed by atoms with van der Waals surface area (Å²) in [5, 5.41) is 11.9. The summed E-state index contributed by atoms with van der Waals surface area (Å²) in [6.07, 6.45) is 1.68. The summed E-state index contributed by atoms with van der Waals surface area (Å²) in [4.78, 5) is 0. The summed E-state index contributed by atoms with van der Waals surface area (Å²) in [7, 11) is 0. The Bertz CT molecular complexity index is 232. The zero-order valence-electron chi connectivity index (χ0n) is 7.50. The Morgan fingerprint density at radius 2 is 2.42 bits per heavy atom.